The molecule has 0 amide bonds. The maximum atomic E-state index is 6.07. The second kappa shape index (κ2) is 7.49. The molecule has 2 N–H and O–H groups in total. The molecule has 17 heavy (non-hydrogen) atoms. The standard InChI is InChI=1S/C13H22ClN3/c1-3-4-5-6-7-8-9-11-10(2)16-13(15)17-12(11)14/h3-9H2,1-2H3,(H2,15,16,17). The number of hydrogen-bond donors (Lipinski definition) is 1. The molecule has 0 aliphatic heterocycles. The van der Waals surface area contributed by atoms with Crippen LogP contribution in [0.4, 0.5) is 5.95 Å². The van der Waals surface area contributed by atoms with E-state index in [1.165, 1.54) is 32.1 Å². The van der Waals surface area contributed by atoms with Crippen molar-refractivity contribution in [2.75, 3.05) is 5.73 Å². The summed E-state index contributed by atoms with van der Waals surface area (Å²) in [5.74, 6) is 0.263. The van der Waals surface area contributed by atoms with Gasteiger partial charge in [-0.05, 0) is 19.8 Å². The van der Waals surface area contributed by atoms with Gasteiger partial charge in [0.2, 0.25) is 5.95 Å². The van der Waals surface area contributed by atoms with Crippen molar-refractivity contribution in [3.63, 3.8) is 0 Å². The van der Waals surface area contributed by atoms with E-state index < -0.39 is 0 Å². The van der Waals surface area contributed by atoms with Gasteiger partial charge in [0.05, 0.1) is 0 Å². The van der Waals surface area contributed by atoms with E-state index in [0.29, 0.717) is 5.15 Å². The highest BCUT2D eigenvalue weighted by molar-refractivity contribution is 6.30. The normalized spacial score (nSPS) is 10.8. The lowest BCUT2D eigenvalue weighted by Crippen LogP contribution is -2.02. The SMILES string of the molecule is CCCCCCCCc1c(C)nc(N)nc1Cl. The van der Waals surface area contributed by atoms with Crippen molar-refractivity contribution in [3.05, 3.63) is 16.4 Å². The largest absolute Gasteiger partial charge is 0.368 e. The molecule has 96 valence electrons. The Balaban J connectivity index is 2.36. The zero-order chi connectivity index (χ0) is 12.7. The van der Waals surface area contributed by atoms with Crippen molar-refractivity contribution in [1.29, 1.82) is 0 Å². The fraction of sp³-hybridized carbons (Fsp3) is 0.692. The quantitative estimate of drug-likeness (QED) is 0.593. The average Bonchev–Trinajstić information content (AvgIpc) is 2.26. The summed E-state index contributed by atoms with van der Waals surface area (Å²) in [7, 11) is 0. The van der Waals surface area contributed by atoms with Crippen LogP contribution in [0.15, 0.2) is 0 Å². The van der Waals surface area contributed by atoms with Crippen LogP contribution in [-0.2, 0) is 6.42 Å². The third-order valence-electron chi connectivity index (χ3n) is 2.96. The number of nitrogen functional groups attached to an aromatic ring is 1. The zero-order valence-corrected chi connectivity index (χ0v) is 11.6. The molecule has 0 aliphatic carbocycles. The van der Waals surface area contributed by atoms with Gasteiger partial charge in [-0.1, -0.05) is 50.6 Å². The van der Waals surface area contributed by atoms with Gasteiger partial charge in [-0.2, -0.15) is 0 Å². The summed E-state index contributed by atoms with van der Waals surface area (Å²) in [6.45, 7) is 4.17. The van der Waals surface area contributed by atoms with E-state index in [4.69, 9.17) is 17.3 Å². The number of rotatable bonds is 7. The van der Waals surface area contributed by atoms with Crippen LogP contribution in [0.5, 0.6) is 0 Å². The van der Waals surface area contributed by atoms with Gasteiger partial charge in [-0.25, -0.2) is 9.97 Å². The van der Waals surface area contributed by atoms with Gasteiger partial charge in [-0.15, -0.1) is 0 Å². The third kappa shape index (κ3) is 4.90. The molecule has 0 spiro atoms. The molecular formula is C13H22ClN3. The van der Waals surface area contributed by atoms with Gasteiger partial charge in [0.1, 0.15) is 5.15 Å². The summed E-state index contributed by atoms with van der Waals surface area (Å²) < 4.78 is 0. The van der Waals surface area contributed by atoms with Crippen LogP contribution in [0, 0.1) is 6.92 Å². The molecule has 0 atom stereocenters. The van der Waals surface area contributed by atoms with Crippen LogP contribution < -0.4 is 5.73 Å². The van der Waals surface area contributed by atoms with Gasteiger partial charge in [-0.3, -0.25) is 0 Å². The lowest BCUT2D eigenvalue weighted by atomic mass is 10.1. The molecule has 0 saturated carbocycles. The number of unbranched alkanes of at least 4 members (excludes halogenated alkanes) is 5. The molecule has 0 radical (unpaired) electrons. The number of aryl methyl sites for hydroxylation is 1. The predicted molar refractivity (Wildman–Crippen MR) is 73.3 cm³/mol. The molecule has 0 unspecified atom stereocenters. The number of nitrogens with zero attached hydrogens (tertiary/aromatic N) is 2. The van der Waals surface area contributed by atoms with Crippen molar-refractivity contribution < 1.29 is 0 Å². The van der Waals surface area contributed by atoms with Crippen molar-refractivity contribution in [2.24, 2.45) is 0 Å². The Labute approximate surface area is 109 Å². The zero-order valence-electron chi connectivity index (χ0n) is 10.8. The molecule has 0 bridgehead atoms. The first-order chi connectivity index (χ1) is 8.15. The molecule has 1 rings (SSSR count). The second-order valence-corrected chi connectivity index (χ2v) is 4.81. The lowest BCUT2D eigenvalue weighted by Gasteiger charge is -2.07. The Morgan fingerprint density at radius 1 is 1.06 bits per heavy atom. The van der Waals surface area contributed by atoms with Gasteiger partial charge in [0.25, 0.3) is 0 Å². The van der Waals surface area contributed by atoms with E-state index in [0.717, 1.165) is 24.1 Å². The Morgan fingerprint density at radius 2 is 1.71 bits per heavy atom. The Kier molecular flexibility index (Phi) is 6.27. The summed E-state index contributed by atoms with van der Waals surface area (Å²) in [5.41, 5.74) is 7.50. The van der Waals surface area contributed by atoms with E-state index in [1.54, 1.807) is 0 Å². The van der Waals surface area contributed by atoms with E-state index in [9.17, 15) is 0 Å². The molecule has 4 heteroatoms. The smallest absolute Gasteiger partial charge is 0.221 e. The summed E-state index contributed by atoms with van der Waals surface area (Å²) in [4.78, 5) is 8.14. The number of aromatic nitrogens is 2. The van der Waals surface area contributed by atoms with Crippen molar-refractivity contribution in [3.8, 4) is 0 Å². The minimum Gasteiger partial charge on any atom is -0.368 e. The Hall–Kier alpha value is -0.830. The van der Waals surface area contributed by atoms with Crippen LogP contribution >= 0.6 is 11.6 Å². The van der Waals surface area contributed by atoms with E-state index in [-0.39, 0.29) is 5.95 Å². The lowest BCUT2D eigenvalue weighted by molar-refractivity contribution is 0.606. The topological polar surface area (TPSA) is 51.8 Å². The van der Waals surface area contributed by atoms with Crippen LogP contribution in [-0.4, -0.2) is 9.97 Å². The first-order valence-electron chi connectivity index (χ1n) is 6.43. The van der Waals surface area contributed by atoms with Crippen LogP contribution in [0.1, 0.15) is 56.7 Å². The monoisotopic (exact) mass is 255 g/mol. The van der Waals surface area contributed by atoms with Crippen molar-refractivity contribution in [2.45, 2.75) is 58.8 Å². The molecule has 0 aliphatic rings. The maximum Gasteiger partial charge on any atom is 0.221 e. The fourth-order valence-corrected chi connectivity index (χ4v) is 2.27. The predicted octanol–water partition coefficient (Wildman–Crippen LogP) is 3.92. The summed E-state index contributed by atoms with van der Waals surface area (Å²) in [6, 6.07) is 0. The molecule has 1 aromatic heterocycles. The molecule has 0 fully saturated rings. The van der Waals surface area contributed by atoms with E-state index in [2.05, 4.69) is 16.9 Å². The summed E-state index contributed by atoms with van der Waals surface area (Å²) in [5, 5.41) is 0.517. The third-order valence-corrected chi connectivity index (χ3v) is 3.27. The first-order valence-corrected chi connectivity index (χ1v) is 6.81. The Bertz CT molecular complexity index is 330. The highest BCUT2D eigenvalue weighted by Gasteiger charge is 2.07. The molecule has 0 aromatic carbocycles. The molecule has 1 heterocycles. The Morgan fingerprint density at radius 3 is 2.35 bits per heavy atom. The van der Waals surface area contributed by atoms with Gasteiger partial charge in [0, 0.05) is 11.3 Å². The number of nitrogens with two attached hydrogens (primary N) is 1. The summed E-state index contributed by atoms with van der Waals surface area (Å²) in [6.07, 6.45) is 8.62. The van der Waals surface area contributed by atoms with Crippen LogP contribution in [0.3, 0.4) is 0 Å². The minimum atomic E-state index is 0.263. The van der Waals surface area contributed by atoms with E-state index >= 15 is 0 Å². The average molecular weight is 256 g/mol. The van der Waals surface area contributed by atoms with Crippen molar-refractivity contribution >= 4 is 17.5 Å². The van der Waals surface area contributed by atoms with Gasteiger partial charge >= 0.3 is 0 Å². The fourth-order valence-electron chi connectivity index (χ4n) is 1.95. The molecular weight excluding hydrogens is 234 g/mol. The molecule has 1 aromatic rings. The minimum absolute atomic E-state index is 0.263. The first kappa shape index (κ1) is 14.2. The van der Waals surface area contributed by atoms with Crippen molar-refractivity contribution in [1.82, 2.24) is 9.97 Å². The van der Waals surface area contributed by atoms with E-state index in [1.807, 2.05) is 6.92 Å². The maximum absolute atomic E-state index is 6.07. The molecule has 0 saturated heterocycles. The number of anilines is 1. The highest BCUT2D eigenvalue weighted by Crippen LogP contribution is 2.20. The van der Waals surface area contributed by atoms with Crippen LogP contribution in [0.2, 0.25) is 5.15 Å². The van der Waals surface area contributed by atoms with Gasteiger partial charge in [0.15, 0.2) is 0 Å². The molecule has 3 nitrogen and oxygen atoms in total. The highest BCUT2D eigenvalue weighted by atomic mass is 35.5. The number of hydrogen-bond acceptors (Lipinski definition) is 3. The second-order valence-electron chi connectivity index (χ2n) is 4.45. The van der Waals surface area contributed by atoms with Crippen LogP contribution in [0.25, 0.3) is 0 Å². The summed E-state index contributed by atoms with van der Waals surface area (Å²) >= 11 is 6.07. The number of halogens is 1. The van der Waals surface area contributed by atoms with Gasteiger partial charge < -0.3 is 5.73 Å².